The molecule has 0 atom stereocenters. The summed E-state index contributed by atoms with van der Waals surface area (Å²) in [5, 5.41) is 14.6. The molecule has 1 aromatic carbocycles. The molecule has 130 valence electrons. The molecule has 7 heteroatoms. The van der Waals surface area contributed by atoms with Crippen molar-refractivity contribution in [3.8, 4) is 0 Å². The molecule has 7 nitrogen and oxygen atoms in total. The van der Waals surface area contributed by atoms with Crippen molar-refractivity contribution in [2.24, 2.45) is 5.41 Å². The number of amides is 2. The van der Waals surface area contributed by atoms with Gasteiger partial charge in [0.25, 0.3) is 5.91 Å². The maximum Gasteiger partial charge on any atom is 0.319 e. The number of carbonyl (C=O) groups is 3. The second-order valence-corrected chi connectivity index (χ2v) is 6.05. The minimum Gasteiger partial charge on any atom is -0.480 e. The van der Waals surface area contributed by atoms with Gasteiger partial charge in [-0.15, -0.1) is 0 Å². The van der Waals surface area contributed by atoms with Gasteiger partial charge in [-0.25, -0.2) is 0 Å². The third-order valence-corrected chi connectivity index (χ3v) is 4.46. The van der Waals surface area contributed by atoms with Crippen LogP contribution < -0.4 is 10.6 Å². The van der Waals surface area contributed by atoms with Crippen LogP contribution in [-0.2, 0) is 16.1 Å². The van der Waals surface area contributed by atoms with Gasteiger partial charge in [-0.1, -0.05) is 18.6 Å². The van der Waals surface area contributed by atoms with Crippen LogP contribution in [0.5, 0.6) is 0 Å². The average molecular weight is 342 g/mol. The Labute approximate surface area is 144 Å². The number of carbonyl (C=O) groups excluding carboxylic acids is 2. The van der Waals surface area contributed by atoms with Gasteiger partial charge < -0.3 is 20.2 Å². The van der Waals surface area contributed by atoms with Gasteiger partial charge in [-0.2, -0.15) is 0 Å². The molecule has 0 saturated heterocycles. The van der Waals surface area contributed by atoms with Gasteiger partial charge in [-0.3, -0.25) is 14.4 Å². The molecule has 1 aliphatic rings. The fraction of sp³-hybridized carbons (Fsp3) is 0.278. The smallest absolute Gasteiger partial charge is 0.319 e. The minimum atomic E-state index is -1.27. The number of furan rings is 1. The Kier molecular flexibility index (Phi) is 4.56. The van der Waals surface area contributed by atoms with Gasteiger partial charge in [0.05, 0.1) is 6.26 Å². The van der Waals surface area contributed by atoms with Crippen molar-refractivity contribution in [1.29, 1.82) is 0 Å². The highest BCUT2D eigenvalue weighted by Gasteiger charge is 2.50. The number of rotatable bonds is 6. The number of carboxylic acid groups (broad SMARTS) is 1. The summed E-state index contributed by atoms with van der Waals surface area (Å²) in [6.07, 6.45) is 2.94. The Hall–Kier alpha value is -3.09. The van der Waals surface area contributed by atoms with E-state index in [-0.39, 0.29) is 18.2 Å². The highest BCUT2D eigenvalue weighted by Crippen LogP contribution is 2.41. The van der Waals surface area contributed by atoms with Gasteiger partial charge in [0.15, 0.2) is 5.76 Å². The summed E-state index contributed by atoms with van der Waals surface area (Å²) in [4.78, 5) is 35.3. The number of aliphatic carboxylic acids is 1. The fourth-order valence-corrected chi connectivity index (χ4v) is 2.73. The predicted octanol–water partition coefficient (Wildman–Crippen LogP) is 2.40. The summed E-state index contributed by atoms with van der Waals surface area (Å²) in [5.74, 6) is -1.64. The first kappa shape index (κ1) is 16.8. The molecule has 0 spiro atoms. The Morgan fingerprint density at radius 1 is 1.12 bits per heavy atom. The normalized spacial score (nSPS) is 15.0. The third-order valence-electron chi connectivity index (χ3n) is 4.46. The van der Waals surface area contributed by atoms with Crippen LogP contribution in [0.15, 0.2) is 47.1 Å². The molecule has 1 saturated carbocycles. The summed E-state index contributed by atoms with van der Waals surface area (Å²) in [6, 6.07) is 10.1. The molecule has 1 aromatic heterocycles. The van der Waals surface area contributed by atoms with Crippen molar-refractivity contribution in [2.75, 3.05) is 5.32 Å². The molecule has 25 heavy (non-hydrogen) atoms. The molecule has 0 unspecified atom stereocenters. The lowest BCUT2D eigenvalue weighted by Crippen LogP contribution is -2.50. The van der Waals surface area contributed by atoms with Crippen LogP contribution in [0.25, 0.3) is 0 Å². The Bertz CT molecular complexity index is 776. The lowest BCUT2D eigenvalue weighted by atomic mass is 9.68. The Balaban J connectivity index is 1.55. The summed E-state index contributed by atoms with van der Waals surface area (Å²) in [6.45, 7) is 0.236. The van der Waals surface area contributed by atoms with E-state index in [0.717, 1.165) is 12.0 Å². The van der Waals surface area contributed by atoms with Crippen molar-refractivity contribution < 1.29 is 23.9 Å². The maximum atomic E-state index is 12.1. The van der Waals surface area contributed by atoms with Crippen LogP contribution in [0.2, 0.25) is 0 Å². The topological polar surface area (TPSA) is 109 Å². The number of nitrogens with one attached hydrogen (secondary N) is 2. The van der Waals surface area contributed by atoms with E-state index in [2.05, 4.69) is 10.6 Å². The van der Waals surface area contributed by atoms with Crippen molar-refractivity contribution in [3.63, 3.8) is 0 Å². The average Bonchev–Trinajstić information content (AvgIpc) is 3.07. The van der Waals surface area contributed by atoms with E-state index in [0.29, 0.717) is 18.5 Å². The molecule has 0 bridgehead atoms. The molecular formula is C18H18N2O5. The SMILES string of the molecule is O=C(Nc1ccc(CNC(=O)C2(C(=O)O)CCC2)cc1)c1ccco1. The monoisotopic (exact) mass is 342 g/mol. The first-order valence-corrected chi connectivity index (χ1v) is 7.97. The van der Waals surface area contributed by atoms with E-state index >= 15 is 0 Å². The van der Waals surface area contributed by atoms with Crippen LogP contribution in [0.4, 0.5) is 5.69 Å². The van der Waals surface area contributed by atoms with Crippen molar-refractivity contribution in [3.05, 3.63) is 54.0 Å². The van der Waals surface area contributed by atoms with E-state index in [1.807, 2.05) is 0 Å². The Morgan fingerprint density at radius 3 is 2.36 bits per heavy atom. The van der Waals surface area contributed by atoms with Gasteiger partial charge in [0, 0.05) is 12.2 Å². The zero-order valence-corrected chi connectivity index (χ0v) is 13.5. The number of carboxylic acids is 1. The minimum absolute atomic E-state index is 0.218. The molecule has 2 aromatic rings. The first-order valence-electron chi connectivity index (χ1n) is 7.97. The molecule has 2 amide bonds. The molecule has 0 aliphatic heterocycles. The summed E-state index contributed by atoms with van der Waals surface area (Å²) in [7, 11) is 0. The summed E-state index contributed by atoms with van der Waals surface area (Å²) >= 11 is 0. The van der Waals surface area contributed by atoms with Gasteiger partial charge in [0.2, 0.25) is 5.91 Å². The van der Waals surface area contributed by atoms with E-state index in [1.54, 1.807) is 36.4 Å². The highest BCUT2D eigenvalue weighted by molar-refractivity contribution is 6.03. The quantitative estimate of drug-likeness (QED) is 0.699. The zero-order valence-electron chi connectivity index (χ0n) is 13.5. The van der Waals surface area contributed by atoms with Gasteiger partial charge >= 0.3 is 5.97 Å². The van der Waals surface area contributed by atoms with Gasteiger partial charge in [-0.05, 0) is 42.7 Å². The number of anilines is 1. The highest BCUT2D eigenvalue weighted by atomic mass is 16.4. The van der Waals surface area contributed by atoms with Crippen LogP contribution >= 0.6 is 0 Å². The van der Waals surface area contributed by atoms with E-state index in [1.165, 1.54) is 6.26 Å². The number of benzene rings is 1. The van der Waals surface area contributed by atoms with E-state index < -0.39 is 17.3 Å². The Morgan fingerprint density at radius 2 is 1.84 bits per heavy atom. The lowest BCUT2D eigenvalue weighted by Gasteiger charge is -2.35. The molecular weight excluding hydrogens is 324 g/mol. The van der Waals surface area contributed by atoms with Crippen LogP contribution in [0.3, 0.4) is 0 Å². The molecule has 3 N–H and O–H groups in total. The van der Waals surface area contributed by atoms with E-state index in [9.17, 15) is 19.5 Å². The fourth-order valence-electron chi connectivity index (χ4n) is 2.73. The van der Waals surface area contributed by atoms with Crippen LogP contribution in [0.1, 0.15) is 35.4 Å². The lowest BCUT2D eigenvalue weighted by molar-refractivity contribution is -0.162. The number of hydrogen-bond donors (Lipinski definition) is 3. The summed E-state index contributed by atoms with van der Waals surface area (Å²) < 4.78 is 5.02. The molecule has 0 radical (unpaired) electrons. The standard InChI is InChI=1S/C18H18N2O5/c21-15(14-3-1-10-25-14)20-13-6-4-12(5-7-13)11-19-16(22)18(17(23)24)8-2-9-18/h1,3-7,10H,2,8-9,11H2,(H,19,22)(H,20,21)(H,23,24). The van der Waals surface area contributed by atoms with E-state index in [4.69, 9.17) is 4.42 Å². The van der Waals surface area contributed by atoms with Crippen molar-refractivity contribution in [2.45, 2.75) is 25.8 Å². The summed E-state index contributed by atoms with van der Waals surface area (Å²) in [5.41, 5.74) is 0.137. The molecule has 1 aliphatic carbocycles. The largest absolute Gasteiger partial charge is 0.480 e. The van der Waals surface area contributed by atoms with Crippen molar-refractivity contribution >= 4 is 23.5 Å². The first-order chi connectivity index (χ1) is 12.0. The second-order valence-electron chi connectivity index (χ2n) is 6.05. The molecule has 3 rings (SSSR count). The van der Waals surface area contributed by atoms with Crippen LogP contribution in [0, 0.1) is 5.41 Å². The number of hydrogen-bond acceptors (Lipinski definition) is 4. The third kappa shape index (κ3) is 3.40. The molecule has 1 fully saturated rings. The zero-order chi connectivity index (χ0) is 17.9. The van der Waals surface area contributed by atoms with Crippen molar-refractivity contribution in [1.82, 2.24) is 5.32 Å². The second kappa shape index (κ2) is 6.80. The van der Waals surface area contributed by atoms with Gasteiger partial charge in [0.1, 0.15) is 5.41 Å². The predicted molar refractivity (Wildman–Crippen MR) is 88.9 cm³/mol. The maximum absolute atomic E-state index is 12.1. The molecule has 1 heterocycles. The van der Waals surface area contributed by atoms with Crippen LogP contribution in [-0.4, -0.2) is 22.9 Å².